The minimum atomic E-state index is -1.31. The van der Waals surface area contributed by atoms with E-state index >= 15 is 0 Å². The largest absolute Gasteiger partial charge is 0.545 e. The van der Waals surface area contributed by atoms with E-state index in [1.165, 1.54) is 24.3 Å². The summed E-state index contributed by atoms with van der Waals surface area (Å²) in [6, 6.07) is 12.4. The molecule has 0 saturated carbocycles. The third-order valence-corrected chi connectivity index (χ3v) is 4.37. The third kappa shape index (κ3) is 4.01. The number of H-pyrrole nitrogens is 1. The van der Waals surface area contributed by atoms with E-state index in [0.29, 0.717) is 11.4 Å². The average molecular weight is 392 g/mol. The van der Waals surface area contributed by atoms with E-state index in [0.717, 1.165) is 10.1 Å². The molecule has 1 heterocycles. The van der Waals surface area contributed by atoms with Crippen LogP contribution in [0, 0.1) is 6.92 Å². The van der Waals surface area contributed by atoms with Gasteiger partial charge >= 0.3 is 5.69 Å². The lowest BCUT2D eigenvalue weighted by Gasteiger charge is -2.13. The van der Waals surface area contributed by atoms with Gasteiger partial charge in [-0.1, -0.05) is 36.8 Å². The van der Waals surface area contributed by atoms with Crippen LogP contribution in [0.3, 0.4) is 0 Å². The lowest BCUT2D eigenvalue weighted by molar-refractivity contribution is -0.255. The number of carbonyl (C=O) groups is 1. The Labute approximate surface area is 165 Å². The van der Waals surface area contributed by atoms with E-state index in [4.69, 9.17) is 0 Å². The summed E-state index contributed by atoms with van der Waals surface area (Å²) in [6.07, 6.45) is 0.283. The van der Waals surface area contributed by atoms with Crippen molar-refractivity contribution in [2.24, 2.45) is 4.99 Å². The normalized spacial score (nSPS) is 11.4. The number of carbonyl (C=O) groups excluding carboxylic acids is 1. The standard InChI is InChI=1S/C21H19N3O5/c1-3-16(22-14-8-6-13(7-9-14)20(27)28)17-18(25)23-21(29)24(19(17)26)15-10-4-12(2)5-11-15/h4-11,26H,3H2,1-2H3,(H,27,28)(H,23,25,29)/p-1. The zero-order valence-electron chi connectivity index (χ0n) is 15.8. The molecule has 0 fully saturated rings. The van der Waals surface area contributed by atoms with Crippen molar-refractivity contribution in [1.82, 2.24) is 9.55 Å². The number of benzene rings is 2. The second-order valence-corrected chi connectivity index (χ2v) is 6.38. The molecule has 8 heteroatoms. The van der Waals surface area contributed by atoms with E-state index in [9.17, 15) is 24.6 Å². The summed E-state index contributed by atoms with van der Waals surface area (Å²) in [5.74, 6) is -1.83. The number of hydrogen-bond acceptors (Lipinski definition) is 6. The first-order valence-corrected chi connectivity index (χ1v) is 8.86. The van der Waals surface area contributed by atoms with Crippen molar-refractivity contribution in [2.45, 2.75) is 20.3 Å². The number of aryl methyl sites for hydroxylation is 1. The number of hydrogen-bond donors (Lipinski definition) is 2. The second-order valence-electron chi connectivity index (χ2n) is 6.38. The molecule has 0 aliphatic carbocycles. The maximum Gasteiger partial charge on any atom is 0.335 e. The van der Waals surface area contributed by atoms with Gasteiger partial charge in [0.2, 0.25) is 5.88 Å². The summed E-state index contributed by atoms with van der Waals surface area (Å²) in [4.78, 5) is 42.2. The van der Waals surface area contributed by atoms with Gasteiger partial charge in [-0.2, -0.15) is 0 Å². The molecular weight excluding hydrogens is 374 g/mol. The molecule has 148 valence electrons. The lowest BCUT2D eigenvalue weighted by Crippen LogP contribution is -2.33. The first kappa shape index (κ1) is 19.8. The predicted octanol–water partition coefficient (Wildman–Crippen LogP) is 1.43. The van der Waals surface area contributed by atoms with Crippen LogP contribution < -0.4 is 16.4 Å². The van der Waals surface area contributed by atoms with Gasteiger partial charge in [0.1, 0.15) is 5.56 Å². The molecule has 3 aromatic rings. The molecule has 0 aliphatic heterocycles. The molecule has 0 unspecified atom stereocenters. The SMILES string of the molecule is CCC(=Nc1ccc(C(=O)[O-])cc1)c1c(O)n(-c2ccc(C)cc2)c(=O)[nH]c1=O. The Bertz CT molecular complexity index is 1200. The quantitative estimate of drug-likeness (QED) is 0.635. The Morgan fingerprint density at radius 3 is 2.28 bits per heavy atom. The number of aromatic carboxylic acids is 1. The first-order valence-electron chi connectivity index (χ1n) is 8.86. The van der Waals surface area contributed by atoms with Crippen molar-refractivity contribution < 1.29 is 15.0 Å². The highest BCUT2D eigenvalue weighted by Gasteiger charge is 2.19. The van der Waals surface area contributed by atoms with Gasteiger partial charge in [-0.15, -0.1) is 0 Å². The smallest absolute Gasteiger partial charge is 0.335 e. The molecule has 2 aromatic carbocycles. The topological polar surface area (TPSA) is 128 Å². The van der Waals surface area contributed by atoms with Gasteiger partial charge < -0.3 is 15.0 Å². The Hall–Kier alpha value is -3.94. The fraction of sp³-hybridized carbons (Fsp3) is 0.143. The van der Waals surface area contributed by atoms with E-state index in [1.54, 1.807) is 31.2 Å². The highest BCUT2D eigenvalue weighted by atomic mass is 16.4. The van der Waals surface area contributed by atoms with Crippen LogP contribution in [0.25, 0.3) is 5.69 Å². The van der Waals surface area contributed by atoms with Crippen LogP contribution in [0.2, 0.25) is 0 Å². The summed E-state index contributed by atoms with van der Waals surface area (Å²) < 4.78 is 1.00. The number of aromatic hydroxyl groups is 1. The molecule has 0 atom stereocenters. The van der Waals surface area contributed by atoms with Gasteiger partial charge in [-0.05, 0) is 43.2 Å². The molecule has 0 radical (unpaired) electrons. The Morgan fingerprint density at radius 2 is 1.72 bits per heavy atom. The van der Waals surface area contributed by atoms with Gasteiger partial charge in [-0.3, -0.25) is 14.8 Å². The van der Waals surface area contributed by atoms with Crippen molar-refractivity contribution in [3.8, 4) is 11.6 Å². The van der Waals surface area contributed by atoms with Gasteiger partial charge in [-0.25, -0.2) is 9.36 Å². The number of carboxylic acid groups (broad SMARTS) is 1. The molecule has 0 saturated heterocycles. The van der Waals surface area contributed by atoms with Gasteiger partial charge in [0.05, 0.1) is 23.1 Å². The van der Waals surface area contributed by atoms with Gasteiger partial charge in [0.15, 0.2) is 0 Å². The number of carboxylic acids is 1. The number of rotatable bonds is 5. The van der Waals surface area contributed by atoms with Gasteiger partial charge in [0.25, 0.3) is 5.56 Å². The zero-order chi connectivity index (χ0) is 21.1. The highest BCUT2D eigenvalue weighted by Crippen LogP contribution is 2.21. The predicted molar refractivity (Wildman–Crippen MR) is 106 cm³/mol. The van der Waals surface area contributed by atoms with Crippen molar-refractivity contribution in [1.29, 1.82) is 0 Å². The van der Waals surface area contributed by atoms with Crippen LogP contribution in [-0.2, 0) is 0 Å². The minimum Gasteiger partial charge on any atom is -0.545 e. The van der Waals surface area contributed by atoms with Crippen LogP contribution in [0.4, 0.5) is 5.69 Å². The summed E-state index contributed by atoms with van der Waals surface area (Å²) in [5, 5.41) is 21.6. The maximum atomic E-state index is 12.4. The van der Waals surface area contributed by atoms with Crippen LogP contribution in [0.15, 0.2) is 63.1 Å². The van der Waals surface area contributed by atoms with Crippen molar-refractivity contribution in [3.05, 3.63) is 86.1 Å². The van der Waals surface area contributed by atoms with Crippen molar-refractivity contribution >= 4 is 17.4 Å². The number of nitrogens with zero attached hydrogens (tertiary/aromatic N) is 2. The number of aromatic amines is 1. The van der Waals surface area contributed by atoms with E-state index in [-0.39, 0.29) is 23.3 Å². The molecule has 0 bridgehead atoms. The molecule has 29 heavy (non-hydrogen) atoms. The minimum absolute atomic E-state index is 0.00406. The van der Waals surface area contributed by atoms with E-state index < -0.39 is 23.1 Å². The second kappa shape index (κ2) is 7.97. The molecule has 8 nitrogen and oxygen atoms in total. The Kier molecular flexibility index (Phi) is 5.45. The molecule has 3 rings (SSSR count). The summed E-state index contributed by atoms with van der Waals surface area (Å²) in [5.41, 5.74) is 0.333. The maximum absolute atomic E-state index is 12.4. The summed E-state index contributed by atoms with van der Waals surface area (Å²) in [7, 11) is 0. The number of aromatic nitrogens is 2. The lowest BCUT2D eigenvalue weighted by atomic mass is 10.1. The van der Waals surface area contributed by atoms with Crippen molar-refractivity contribution in [2.75, 3.05) is 0 Å². The monoisotopic (exact) mass is 392 g/mol. The van der Waals surface area contributed by atoms with Gasteiger partial charge in [0, 0.05) is 0 Å². The van der Waals surface area contributed by atoms with Crippen LogP contribution >= 0.6 is 0 Å². The fourth-order valence-electron chi connectivity index (χ4n) is 2.86. The zero-order valence-corrected chi connectivity index (χ0v) is 15.8. The molecule has 2 N–H and O–H groups in total. The van der Waals surface area contributed by atoms with Crippen molar-refractivity contribution in [3.63, 3.8) is 0 Å². The summed E-state index contributed by atoms with van der Waals surface area (Å²) >= 11 is 0. The highest BCUT2D eigenvalue weighted by molar-refractivity contribution is 6.03. The number of aliphatic imine (C=N–C) groups is 1. The third-order valence-electron chi connectivity index (χ3n) is 4.37. The van der Waals surface area contributed by atoms with Crippen LogP contribution in [-0.4, -0.2) is 26.3 Å². The Morgan fingerprint density at radius 1 is 1.10 bits per heavy atom. The Balaban J connectivity index is 2.16. The first-order chi connectivity index (χ1) is 13.8. The van der Waals surface area contributed by atoms with Crippen LogP contribution in [0.1, 0.15) is 34.8 Å². The number of nitrogens with one attached hydrogen (secondary N) is 1. The van der Waals surface area contributed by atoms with Crippen LogP contribution in [0.5, 0.6) is 5.88 Å². The molecule has 0 aliphatic rings. The fourth-order valence-corrected chi connectivity index (χ4v) is 2.86. The molecule has 0 spiro atoms. The average Bonchev–Trinajstić information content (AvgIpc) is 2.68. The van der Waals surface area contributed by atoms with E-state index in [2.05, 4.69) is 9.98 Å². The summed E-state index contributed by atoms with van der Waals surface area (Å²) in [6.45, 7) is 3.63. The molecule has 0 amide bonds. The van der Waals surface area contributed by atoms with E-state index in [1.807, 2.05) is 6.92 Å². The molecular formula is C21H18N3O5-. The molecule has 1 aromatic heterocycles.